The van der Waals surface area contributed by atoms with Crippen LogP contribution < -0.4 is 5.32 Å². The maximum Gasteiger partial charge on any atom is 0.226 e. The maximum atomic E-state index is 12.0. The fourth-order valence-corrected chi connectivity index (χ4v) is 3.12. The van der Waals surface area contributed by atoms with Crippen LogP contribution in [0.3, 0.4) is 0 Å². The summed E-state index contributed by atoms with van der Waals surface area (Å²) in [5, 5.41) is 8.22. The van der Waals surface area contributed by atoms with Crippen LogP contribution in [0.1, 0.15) is 31.4 Å². The number of rotatable bonds is 4. The number of amides is 1. The molecule has 21 heavy (non-hydrogen) atoms. The summed E-state index contributed by atoms with van der Waals surface area (Å²) in [5.41, 5.74) is 1.42. The first-order chi connectivity index (χ1) is 10.2. The lowest BCUT2D eigenvalue weighted by atomic mass is 9.89. The van der Waals surface area contributed by atoms with Gasteiger partial charge >= 0.3 is 0 Å². The van der Waals surface area contributed by atoms with Crippen LogP contribution in [0.5, 0.6) is 0 Å². The molecule has 1 saturated carbocycles. The van der Waals surface area contributed by atoms with Gasteiger partial charge in [-0.25, -0.2) is 0 Å². The number of para-hydroxylation sites is 1. The van der Waals surface area contributed by atoms with Crippen LogP contribution in [-0.2, 0) is 11.2 Å². The van der Waals surface area contributed by atoms with Crippen molar-refractivity contribution in [3.8, 4) is 0 Å². The predicted octanol–water partition coefficient (Wildman–Crippen LogP) is 3.28. The highest BCUT2D eigenvalue weighted by atomic mass is 35.5. The van der Waals surface area contributed by atoms with Gasteiger partial charge in [0.25, 0.3) is 0 Å². The summed E-state index contributed by atoms with van der Waals surface area (Å²) >= 11 is 6.09. The van der Waals surface area contributed by atoms with Crippen molar-refractivity contribution >= 4 is 28.5 Å². The zero-order valence-corrected chi connectivity index (χ0v) is 12.6. The van der Waals surface area contributed by atoms with Crippen molar-refractivity contribution in [1.82, 2.24) is 10.5 Å². The molecule has 0 spiro atoms. The molecule has 112 valence electrons. The monoisotopic (exact) mass is 306 g/mol. The third-order valence-corrected chi connectivity index (χ3v) is 4.58. The van der Waals surface area contributed by atoms with E-state index in [-0.39, 0.29) is 12.3 Å². The van der Waals surface area contributed by atoms with Crippen molar-refractivity contribution in [2.45, 2.75) is 37.5 Å². The topological polar surface area (TPSA) is 55.1 Å². The number of benzene rings is 1. The largest absolute Gasteiger partial charge is 0.356 e. The van der Waals surface area contributed by atoms with E-state index in [2.05, 4.69) is 10.5 Å². The number of hydrogen-bond donors (Lipinski definition) is 1. The number of halogens is 1. The Morgan fingerprint density at radius 3 is 2.86 bits per heavy atom. The summed E-state index contributed by atoms with van der Waals surface area (Å²) in [6.45, 7) is 0.734. The average Bonchev–Trinajstić information content (AvgIpc) is 2.90. The zero-order chi connectivity index (χ0) is 14.7. The van der Waals surface area contributed by atoms with Gasteiger partial charge in [-0.05, 0) is 43.7 Å². The highest BCUT2D eigenvalue weighted by Crippen LogP contribution is 2.27. The van der Waals surface area contributed by atoms with Gasteiger partial charge in [-0.1, -0.05) is 17.3 Å². The predicted molar refractivity (Wildman–Crippen MR) is 82.3 cm³/mol. The molecule has 1 aromatic heterocycles. The minimum absolute atomic E-state index is 0.00190. The number of nitrogens with one attached hydrogen (secondary N) is 1. The van der Waals surface area contributed by atoms with Crippen molar-refractivity contribution < 1.29 is 9.32 Å². The van der Waals surface area contributed by atoms with E-state index in [4.69, 9.17) is 16.1 Å². The van der Waals surface area contributed by atoms with Gasteiger partial charge in [0.1, 0.15) is 5.69 Å². The van der Waals surface area contributed by atoms with E-state index in [9.17, 15) is 4.79 Å². The van der Waals surface area contributed by atoms with Crippen LogP contribution in [0.25, 0.3) is 11.0 Å². The van der Waals surface area contributed by atoms with E-state index in [1.54, 1.807) is 0 Å². The van der Waals surface area contributed by atoms with Gasteiger partial charge < -0.3 is 9.84 Å². The minimum atomic E-state index is 0.00190. The fourth-order valence-electron chi connectivity index (χ4n) is 2.86. The quantitative estimate of drug-likeness (QED) is 0.882. The molecule has 4 nitrogen and oxygen atoms in total. The minimum Gasteiger partial charge on any atom is -0.356 e. The third-order valence-electron chi connectivity index (χ3n) is 4.14. The average molecular weight is 307 g/mol. The molecule has 0 saturated heterocycles. The Kier molecular flexibility index (Phi) is 4.44. The summed E-state index contributed by atoms with van der Waals surface area (Å²) in [4.78, 5) is 12.0. The van der Waals surface area contributed by atoms with Crippen molar-refractivity contribution in [2.75, 3.05) is 6.54 Å². The van der Waals surface area contributed by atoms with E-state index in [1.165, 1.54) is 0 Å². The standard InChI is InChI=1S/C16H19ClN2O2/c17-12-7-5-11(6-8-12)10-18-16(20)9-14-13-3-1-2-4-15(13)21-19-14/h1-4,11-12H,5-10H2,(H,18,20). The van der Waals surface area contributed by atoms with Gasteiger partial charge in [0.2, 0.25) is 5.91 Å². The van der Waals surface area contributed by atoms with Crippen LogP contribution >= 0.6 is 11.6 Å². The van der Waals surface area contributed by atoms with Gasteiger partial charge in [0.05, 0.1) is 6.42 Å². The van der Waals surface area contributed by atoms with Gasteiger partial charge in [-0.2, -0.15) is 0 Å². The summed E-state index contributed by atoms with van der Waals surface area (Å²) in [5.74, 6) is 0.556. The second-order valence-electron chi connectivity index (χ2n) is 5.72. The highest BCUT2D eigenvalue weighted by molar-refractivity contribution is 6.20. The Labute approximate surface area is 128 Å². The molecule has 0 radical (unpaired) electrons. The van der Waals surface area contributed by atoms with Gasteiger partial charge in [0.15, 0.2) is 5.58 Å². The Morgan fingerprint density at radius 2 is 2.05 bits per heavy atom. The van der Waals surface area contributed by atoms with Gasteiger partial charge in [0, 0.05) is 17.3 Å². The molecule has 1 fully saturated rings. The molecule has 1 aromatic carbocycles. The van der Waals surface area contributed by atoms with E-state index >= 15 is 0 Å². The molecule has 1 aliphatic carbocycles. The summed E-state index contributed by atoms with van der Waals surface area (Å²) in [6, 6.07) is 7.60. The first kappa shape index (κ1) is 14.4. The van der Waals surface area contributed by atoms with E-state index in [1.807, 2.05) is 24.3 Å². The van der Waals surface area contributed by atoms with Crippen molar-refractivity contribution in [3.63, 3.8) is 0 Å². The fraction of sp³-hybridized carbons (Fsp3) is 0.500. The van der Waals surface area contributed by atoms with Crippen LogP contribution in [0.15, 0.2) is 28.8 Å². The van der Waals surface area contributed by atoms with Gasteiger partial charge in [-0.15, -0.1) is 11.6 Å². The number of aromatic nitrogens is 1. The first-order valence-electron chi connectivity index (χ1n) is 7.46. The molecule has 0 aliphatic heterocycles. The molecule has 2 aromatic rings. The Morgan fingerprint density at radius 1 is 1.29 bits per heavy atom. The number of hydrogen-bond acceptors (Lipinski definition) is 3. The molecule has 1 aliphatic rings. The first-order valence-corrected chi connectivity index (χ1v) is 7.90. The van der Waals surface area contributed by atoms with E-state index in [0.29, 0.717) is 17.0 Å². The van der Waals surface area contributed by atoms with Crippen molar-refractivity contribution in [1.29, 1.82) is 0 Å². The number of nitrogens with zero attached hydrogens (tertiary/aromatic N) is 1. The molecule has 5 heteroatoms. The lowest BCUT2D eigenvalue weighted by molar-refractivity contribution is -0.120. The molecular weight excluding hydrogens is 288 g/mol. The third kappa shape index (κ3) is 3.56. The lowest BCUT2D eigenvalue weighted by Crippen LogP contribution is -2.32. The maximum absolute atomic E-state index is 12.0. The normalized spacial score (nSPS) is 22.3. The Balaban J connectivity index is 1.52. The molecule has 0 bridgehead atoms. The second kappa shape index (κ2) is 6.48. The molecule has 0 atom stereocenters. The molecule has 0 unspecified atom stereocenters. The molecule has 3 rings (SSSR count). The van der Waals surface area contributed by atoms with Gasteiger partial charge in [-0.3, -0.25) is 4.79 Å². The number of carbonyl (C=O) groups is 1. The van der Waals surface area contributed by atoms with Crippen molar-refractivity contribution in [2.24, 2.45) is 5.92 Å². The Bertz CT molecular complexity index is 618. The highest BCUT2D eigenvalue weighted by Gasteiger charge is 2.20. The zero-order valence-electron chi connectivity index (χ0n) is 11.8. The number of carbonyl (C=O) groups excluding carboxylic acids is 1. The number of fused-ring (bicyclic) bond motifs is 1. The van der Waals surface area contributed by atoms with Crippen LogP contribution in [0.2, 0.25) is 0 Å². The summed E-state index contributed by atoms with van der Waals surface area (Å²) in [6.07, 6.45) is 4.57. The summed E-state index contributed by atoms with van der Waals surface area (Å²) in [7, 11) is 0. The molecule has 1 amide bonds. The smallest absolute Gasteiger partial charge is 0.226 e. The summed E-state index contributed by atoms with van der Waals surface area (Å²) < 4.78 is 5.21. The van der Waals surface area contributed by atoms with Crippen LogP contribution in [0, 0.1) is 5.92 Å². The number of alkyl halides is 1. The molecule has 1 N–H and O–H groups in total. The van der Waals surface area contributed by atoms with E-state index < -0.39 is 0 Å². The van der Waals surface area contributed by atoms with Crippen LogP contribution in [0.4, 0.5) is 0 Å². The van der Waals surface area contributed by atoms with Crippen LogP contribution in [-0.4, -0.2) is 23.0 Å². The Hall–Kier alpha value is -1.55. The molecule has 1 heterocycles. The second-order valence-corrected chi connectivity index (χ2v) is 6.34. The molecular formula is C16H19ClN2O2. The SMILES string of the molecule is O=C(Cc1noc2ccccc12)NCC1CCC(Cl)CC1. The van der Waals surface area contributed by atoms with E-state index in [0.717, 1.165) is 43.2 Å². The van der Waals surface area contributed by atoms with Crippen molar-refractivity contribution in [3.05, 3.63) is 30.0 Å². The lowest BCUT2D eigenvalue weighted by Gasteiger charge is -2.24.